The van der Waals surface area contributed by atoms with E-state index in [1.54, 1.807) is 0 Å². The summed E-state index contributed by atoms with van der Waals surface area (Å²) in [5, 5.41) is 9.03. The van der Waals surface area contributed by atoms with Crippen molar-refractivity contribution in [1.82, 2.24) is 0 Å². The monoisotopic (exact) mass is 190 g/mol. The summed E-state index contributed by atoms with van der Waals surface area (Å²) in [5.41, 5.74) is 0. The molecule has 0 unspecified atom stereocenters. The Labute approximate surface area is 71.3 Å². The fourth-order valence-electron chi connectivity index (χ4n) is 0.623. The van der Waals surface area contributed by atoms with Gasteiger partial charge >= 0.3 is 0 Å². The predicted molar refractivity (Wildman–Crippen MR) is 46.2 cm³/mol. The lowest BCUT2D eigenvalue weighted by atomic mass is 10.4. The second-order valence-electron chi connectivity index (χ2n) is 1.92. The van der Waals surface area contributed by atoms with E-state index in [2.05, 4.69) is 6.58 Å². The number of hydrogen-bond donors (Lipinski definition) is 2. The number of aliphatic hydroxyl groups excluding tert-OH is 1. The lowest BCUT2D eigenvalue weighted by Crippen LogP contribution is -2.03. The molecule has 0 aromatic rings. The highest BCUT2D eigenvalue weighted by Gasteiger charge is 2.15. The summed E-state index contributed by atoms with van der Waals surface area (Å²) in [7, 11) is -4.34. The van der Waals surface area contributed by atoms with E-state index in [1.165, 1.54) is 13.0 Å². The summed E-state index contributed by atoms with van der Waals surface area (Å²) < 4.78 is 29.6. The van der Waals surface area contributed by atoms with E-state index in [0.717, 1.165) is 12.2 Å². The predicted octanol–water partition coefficient (Wildman–Crippen LogP) is 1.41. The Hall–Kier alpha value is -1.07. The summed E-state index contributed by atoms with van der Waals surface area (Å²) in [6.45, 7) is 4.64. The van der Waals surface area contributed by atoms with Crippen molar-refractivity contribution >= 4 is 10.1 Å². The van der Waals surface area contributed by atoms with Gasteiger partial charge in [-0.25, -0.2) is 0 Å². The highest BCUT2D eigenvalue weighted by atomic mass is 32.2. The molecule has 0 bridgehead atoms. The largest absolute Gasteiger partial charge is 0.507 e. The van der Waals surface area contributed by atoms with Crippen molar-refractivity contribution in [3.63, 3.8) is 0 Å². The van der Waals surface area contributed by atoms with Crippen molar-refractivity contribution in [2.75, 3.05) is 0 Å². The van der Waals surface area contributed by atoms with Crippen molar-refractivity contribution in [3.8, 4) is 0 Å². The van der Waals surface area contributed by atoms with Gasteiger partial charge in [0.05, 0.1) is 0 Å². The van der Waals surface area contributed by atoms with Crippen LogP contribution >= 0.6 is 0 Å². The molecular formula is C7H10O4S. The first-order chi connectivity index (χ1) is 5.43. The summed E-state index contributed by atoms with van der Waals surface area (Å²) in [5.74, 6) is -0.532. The number of rotatable bonds is 3. The van der Waals surface area contributed by atoms with Crippen LogP contribution < -0.4 is 0 Å². The lowest BCUT2D eigenvalue weighted by Gasteiger charge is -1.99. The zero-order valence-corrected chi connectivity index (χ0v) is 7.37. The molecule has 0 aliphatic carbocycles. The average molecular weight is 190 g/mol. The van der Waals surface area contributed by atoms with Crippen LogP contribution in [0.4, 0.5) is 0 Å². The zero-order chi connectivity index (χ0) is 9.78. The van der Waals surface area contributed by atoms with Crippen molar-refractivity contribution in [2.45, 2.75) is 6.92 Å². The SMILES string of the molecule is C=C/C=C(O)\C(=C/C)S(=O)(=O)O. The van der Waals surface area contributed by atoms with Gasteiger partial charge in [0.25, 0.3) is 10.1 Å². The molecule has 2 N–H and O–H groups in total. The van der Waals surface area contributed by atoms with Crippen LogP contribution in [-0.4, -0.2) is 18.1 Å². The van der Waals surface area contributed by atoms with Crippen molar-refractivity contribution in [3.05, 3.63) is 35.5 Å². The summed E-state index contributed by atoms with van der Waals surface area (Å²) in [4.78, 5) is -0.526. The van der Waals surface area contributed by atoms with Crippen LogP contribution in [0.5, 0.6) is 0 Å². The minimum atomic E-state index is -4.34. The zero-order valence-electron chi connectivity index (χ0n) is 6.56. The average Bonchev–Trinajstić information content (AvgIpc) is 1.85. The molecule has 0 aromatic carbocycles. The van der Waals surface area contributed by atoms with Crippen molar-refractivity contribution < 1.29 is 18.1 Å². The second kappa shape index (κ2) is 4.08. The molecule has 5 heteroatoms. The summed E-state index contributed by atoms with van der Waals surface area (Å²) >= 11 is 0. The Kier molecular flexibility index (Phi) is 3.72. The van der Waals surface area contributed by atoms with Crippen molar-refractivity contribution in [2.24, 2.45) is 0 Å². The molecule has 0 aliphatic heterocycles. The Morgan fingerprint density at radius 1 is 1.50 bits per heavy atom. The minimum absolute atomic E-state index is 0.526. The Morgan fingerprint density at radius 2 is 2.00 bits per heavy atom. The van der Waals surface area contributed by atoms with Gasteiger partial charge in [-0.3, -0.25) is 4.55 Å². The van der Waals surface area contributed by atoms with E-state index >= 15 is 0 Å². The smallest absolute Gasteiger partial charge is 0.297 e. The number of hydrogen-bond acceptors (Lipinski definition) is 3. The third kappa shape index (κ3) is 2.89. The van der Waals surface area contributed by atoms with Crippen LogP contribution in [-0.2, 0) is 10.1 Å². The fourth-order valence-corrected chi connectivity index (χ4v) is 1.25. The fraction of sp³-hybridized carbons (Fsp3) is 0.143. The molecule has 0 atom stereocenters. The van der Waals surface area contributed by atoms with Gasteiger partial charge in [0.1, 0.15) is 10.7 Å². The Balaban J connectivity index is 5.12. The highest BCUT2D eigenvalue weighted by molar-refractivity contribution is 7.90. The molecule has 12 heavy (non-hydrogen) atoms. The Morgan fingerprint density at radius 3 is 2.25 bits per heavy atom. The molecule has 4 nitrogen and oxygen atoms in total. The first-order valence-electron chi connectivity index (χ1n) is 3.09. The molecular weight excluding hydrogens is 180 g/mol. The lowest BCUT2D eigenvalue weighted by molar-refractivity contribution is 0.421. The molecule has 0 amide bonds. The van der Waals surface area contributed by atoms with Gasteiger partial charge in [-0.1, -0.05) is 18.7 Å². The van der Waals surface area contributed by atoms with Gasteiger partial charge in [0.2, 0.25) is 0 Å². The van der Waals surface area contributed by atoms with Gasteiger partial charge in [0.15, 0.2) is 0 Å². The topological polar surface area (TPSA) is 74.6 Å². The molecule has 0 heterocycles. The maximum atomic E-state index is 10.5. The third-order valence-electron chi connectivity index (χ3n) is 1.07. The molecule has 0 saturated carbocycles. The van der Waals surface area contributed by atoms with E-state index in [9.17, 15) is 8.42 Å². The van der Waals surface area contributed by atoms with Gasteiger partial charge in [-0.15, -0.1) is 0 Å². The van der Waals surface area contributed by atoms with Crippen LogP contribution in [0.15, 0.2) is 35.5 Å². The summed E-state index contributed by atoms with van der Waals surface area (Å²) in [6.07, 6.45) is 3.37. The van der Waals surface area contributed by atoms with E-state index in [-0.39, 0.29) is 0 Å². The van der Waals surface area contributed by atoms with E-state index < -0.39 is 20.8 Å². The van der Waals surface area contributed by atoms with Crippen LogP contribution in [0.3, 0.4) is 0 Å². The highest BCUT2D eigenvalue weighted by Crippen LogP contribution is 2.12. The third-order valence-corrected chi connectivity index (χ3v) is 2.07. The standard InChI is InChI=1S/C7H10O4S/c1-3-5-6(8)7(4-2)12(9,10)11/h3-5,8H,1H2,2H3,(H,9,10,11)/b6-5+,7-4+. The van der Waals surface area contributed by atoms with Gasteiger partial charge in [0, 0.05) is 0 Å². The molecule has 0 spiro atoms. The van der Waals surface area contributed by atoms with Gasteiger partial charge in [-0.2, -0.15) is 8.42 Å². The molecule has 0 rings (SSSR count). The van der Waals surface area contributed by atoms with E-state index in [1.807, 2.05) is 0 Å². The first-order valence-corrected chi connectivity index (χ1v) is 4.53. The molecule has 0 fully saturated rings. The van der Waals surface area contributed by atoms with Crippen LogP contribution in [0.25, 0.3) is 0 Å². The van der Waals surface area contributed by atoms with Crippen molar-refractivity contribution in [1.29, 1.82) is 0 Å². The number of allylic oxidation sites excluding steroid dienone is 3. The number of aliphatic hydroxyl groups is 1. The molecule has 0 aliphatic rings. The molecule has 0 saturated heterocycles. The van der Waals surface area contributed by atoms with Crippen LogP contribution in [0.1, 0.15) is 6.92 Å². The Bertz CT molecular complexity index is 321. The van der Waals surface area contributed by atoms with Crippen LogP contribution in [0, 0.1) is 0 Å². The van der Waals surface area contributed by atoms with E-state index in [0.29, 0.717) is 0 Å². The summed E-state index contributed by atoms with van der Waals surface area (Å²) in [6, 6.07) is 0. The van der Waals surface area contributed by atoms with E-state index in [4.69, 9.17) is 9.66 Å². The molecule has 0 radical (unpaired) electrons. The second-order valence-corrected chi connectivity index (χ2v) is 3.31. The molecule has 0 aromatic heterocycles. The quantitative estimate of drug-likeness (QED) is 0.401. The van der Waals surface area contributed by atoms with Gasteiger partial charge < -0.3 is 5.11 Å². The molecule has 68 valence electrons. The maximum Gasteiger partial charge on any atom is 0.297 e. The normalized spacial score (nSPS) is 14.5. The maximum absolute atomic E-state index is 10.5. The minimum Gasteiger partial charge on any atom is -0.507 e. The van der Waals surface area contributed by atoms with Gasteiger partial charge in [-0.05, 0) is 13.0 Å². The first kappa shape index (κ1) is 10.9. The van der Waals surface area contributed by atoms with Crippen LogP contribution in [0.2, 0.25) is 0 Å².